The fraction of sp³-hybridized carbons (Fsp3) is 0.667. The molecule has 0 spiro atoms. The summed E-state index contributed by atoms with van der Waals surface area (Å²) in [5.41, 5.74) is 0.836. The van der Waals surface area contributed by atoms with E-state index in [9.17, 15) is 4.79 Å². The van der Waals surface area contributed by atoms with Gasteiger partial charge in [0, 0.05) is 11.6 Å². The van der Waals surface area contributed by atoms with E-state index in [2.05, 4.69) is 17.3 Å². The lowest BCUT2D eigenvalue weighted by Gasteiger charge is -2.25. The van der Waals surface area contributed by atoms with E-state index in [0.29, 0.717) is 11.8 Å². The molecule has 20 heavy (non-hydrogen) atoms. The fourth-order valence-electron chi connectivity index (χ4n) is 2.74. The molecule has 1 aromatic rings. The van der Waals surface area contributed by atoms with Crippen molar-refractivity contribution in [1.29, 1.82) is 0 Å². The Morgan fingerprint density at radius 3 is 3.05 bits per heavy atom. The van der Waals surface area contributed by atoms with Crippen LogP contribution in [0.2, 0.25) is 0 Å². The first-order chi connectivity index (χ1) is 9.61. The van der Waals surface area contributed by atoms with E-state index < -0.39 is 5.97 Å². The van der Waals surface area contributed by atoms with Crippen molar-refractivity contribution in [3.05, 3.63) is 23.2 Å². The zero-order valence-corrected chi connectivity index (χ0v) is 12.6. The average Bonchev–Trinajstić information content (AvgIpc) is 2.67. The highest BCUT2D eigenvalue weighted by Gasteiger charge is 2.20. The quantitative estimate of drug-likeness (QED) is 0.854. The van der Waals surface area contributed by atoms with Crippen LogP contribution in [-0.2, 0) is 11.3 Å². The maximum Gasteiger partial charge on any atom is 0.374 e. The van der Waals surface area contributed by atoms with Crippen molar-refractivity contribution >= 4 is 5.97 Å². The van der Waals surface area contributed by atoms with Gasteiger partial charge in [-0.15, -0.1) is 0 Å². The number of methoxy groups -OCH3 is 1. The van der Waals surface area contributed by atoms with Gasteiger partial charge in [-0.2, -0.15) is 0 Å². The number of furan rings is 1. The van der Waals surface area contributed by atoms with Crippen molar-refractivity contribution in [3.63, 3.8) is 0 Å². The second kappa shape index (κ2) is 6.90. The van der Waals surface area contributed by atoms with Crippen LogP contribution in [0, 0.1) is 6.92 Å². The molecule has 1 saturated heterocycles. The van der Waals surface area contributed by atoms with Gasteiger partial charge in [0.25, 0.3) is 0 Å². The summed E-state index contributed by atoms with van der Waals surface area (Å²) in [7, 11) is 3.49. The lowest BCUT2D eigenvalue weighted by Crippen LogP contribution is -2.31. The third-order valence-corrected chi connectivity index (χ3v) is 3.91. The molecule has 112 valence electrons. The minimum absolute atomic E-state index is 0.318. The van der Waals surface area contributed by atoms with Gasteiger partial charge in [-0.25, -0.2) is 4.79 Å². The van der Waals surface area contributed by atoms with E-state index in [1.54, 1.807) is 0 Å². The first-order valence-electron chi connectivity index (χ1n) is 7.20. The number of ether oxygens (including phenoxy) is 1. The van der Waals surface area contributed by atoms with Crippen LogP contribution in [0.3, 0.4) is 0 Å². The zero-order valence-electron chi connectivity index (χ0n) is 12.6. The number of rotatable bonds is 4. The molecule has 1 aliphatic rings. The van der Waals surface area contributed by atoms with Crippen molar-refractivity contribution in [1.82, 2.24) is 10.2 Å². The second-order valence-corrected chi connectivity index (χ2v) is 5.47. The summed E-state index contributed by atoms with van der Waals surface area (Å²) in [5.74, 6) is 0.733. The van der Waals surface area contributed by atoms with Gasteiger partial charge < -0.3 is 14.5 Å². The number of hydrogen-bond donors (Lipinski definition) is 1. The van der Waals surface area contributed by atoms with Gasteiger partial charge in [0.05, 0.1) is 13.7 Å². The maximum atomic E-state index is 11.5. The third kappa shape index (κ3) is 3.61. The highest BCUT2D eigenvalue weighted by atomic mass is 16.5. The van der Waals surface area contributed by atoms with Crippen molar-refractivity contribution < 1.29 is 13.9 Å². The molecule has 1 unspecified atom stereocenters. The normalized spacial score (nSPS) is 19.9. The highest BCUT2D eigenvalue weighted by Crippen LogP contribution is 2.19. The summed E-state index contributed by atoms with van der Waals surface area (Å²) < 4.78 is 10.3. The molecule has 0 bridgehead atoms. The molecular formula is C15H24N2O3. The molecule has 0 amide bonds. The third-order valence-electron chi connectivity index (χ3n) is 3.91. The smallest absolute Gasteiger partial charge is 0.374 e. The van der Waals surface area contributed by atoms with Crippen LogP contribution in [0.1, 0.15) is 41.1 Å². The van der Waals surface area contributed by atoms with E-state index in [4.69, 9.17) is 9.15 Å². The maximum absolute atomic E-state index is 11.5. The molecule has 1 atom stereocenters. The van der Waals surface area contributed by atoms with E-state index in [1.165, 1.54) is 20.0 Å². The van der Waals surface area contributed by atoms with E-state index in [-0.39, 0.29) is 0 Å². The summed E-state index contributed by atoms with van der Waals surface area (Å²) in [4.78, 5) is 13.9. The minimum Gasteiger partial charge on any atom is -0.463 e. The molecule has 1 aliphatic heterocycles. The van der Waals surface area contributed by atoms with E-state index >= 15 is 0 Å². The van der Waals surface area contributed by atoms with E-state index in [0.717, 1.165) is 37.4 Å². The van der Waals surface area contributed by atoms with Gasteiger partial charge in [-0.05, 0) is 52.4 Å². The van der Waals surface area contributed by atoms with Crippen LogP contribution in [0.4, 0.5) is 0 Å². The Bertz CT molecular complexity index is 448. The summed E-state index contributed by atoms with van der Waals surface area (Å²) in [6.45, 7) is 4.77. The Hall–Kier alpha value is -1.33. The summed E-state index contributed by atoms with van der Waals surface area (Å²) in [6, 6.07) is 2.49. The number of nitrogens with one attached hydrogen (secondary N) is 1. The van der Waals surface area contributed by atoms with Crippen molar-refractivity contribution in [2.75, 3.05) is 27.2 Å². The van der Waals surface area contributed by atoms with Gasteiger partial charge in [-0.1, -0.05) is 0 Å². The van der Waals surface area contributed by atoms with Crippen LogP contribution in [0.25, 0.3) is 0 Å². The molecule has 0 radical (unpaired) electrons. The predicted molar refractivity (Wildman–Crippen MR) is 76.8 cm³/mol. The van der Waals surface area contributed by atoms with Crippen LogP contribution >= 0.6 is 0 Å². The largest absolute Gasteiger partial charge is 0.463 e. The molecular weight excluding hydrogens is 256 g/mol. The number of carbonyl (C=O) groups excluding carboxylic acids is 1. The van der Waals surface area contributed by atoms with Crippen molar-refractivity contribution in [2.24, 2.45) is 0 Å². The molecule has 5 nitrogen and oxygen atoms in total. The fourth-order valence-corrected chi connectivity index (χ4v) is 2.74. The standard InChI is InChI=1S/C15H24N2O3/c1-11-9-13(20-14(11)15(18)19-3)10-17(2)12-5-4-7-16-8-6-12/h9,12,16H,4-8,10H2,1-3H3. The molecule has 0 aromatic carbocycles. The number of aryl methyl sites for hydroxylation is 1. The second-order valence-electron chi connectivity index (χ2n) is 5.47. The van der Waals surface area contributed by atoms with Crippen molar-refractivity contribution in [3.8, 4) is 0 Å². The van der Waals surface area contributed by atoms with Crippen LogP contribution in [0.5, 0.6) is 0 Å². The van der Waals surface area contributed by atoms with Crippen LogP contribution in [0.15, 0.2) is 10.5 Å². The van der Waals surface area contributed by atoms with Crippen LogP contribution < -0.4 is 5.32 Å². The van der Waals surface area contributed by atoms with Gasteiger partial charge in [-0.3, -0.25) is 4.90 Å². The molecule has 1 fully saturated rings. The first-order valence-corrected chi connectivity index (χ1v) is 7.20. The molecule has 2 heterocycles. The summed E-state index contributed by atoms with van der Waals surface area (Å²) in [6.07, 6.45) is 3.56. The Balaban J connectivity index is 2.00. The SMILES string of the molecule is COC(=O)c1oc(CN(C)C2CCCNCC2)cc1C. The topological polar surface area (TPSA) is 54.7 Å². The Morgan fingerprint density at radius 2 is 2.30 bits per heavy atom. The summed E-state index contributed by atoms with van der Waals surface area (Å²) >= 11 is 0. The number of hydrogen-bond acceptors (Lipinski definition) is 5. The van der Waals surface area contributed by atoms with E-state index in [1.807, 2.05) is 13.0 Å². The monoisotopic (exact) mass is 280 g/mol. The van der Waals surface area contributed by atoms with Gasteiger partial charge in [0.2, 0.25) is 5.76 Å². The summed E-state index contributed by atoms with van der Waals surface area (Å²) in [5, 5.41) is 3.42. The highest BCUT2D eigenvalue weighted by molar-refractivity contribution is 5.87. The lowest BCUT2D eigenvalue weighted by atomic mass is 10.1. The number of nitrogens with zero attached hydrogens (tertiary/aromatic N) is 1. The Morgan fingerprint density at radius 1 is 1.50 bits per heavy atom. The molecule has 1 aromatic heterocycles. The van der Waals surface area contributed by atoms with Gasteiger partial charge in [0.1, 0.15) is 5.76 Å². The van der Waals surface area contributed by atoms with Gasteiger partial charge in [0.15, 0.2) is 0 Å². The predicted octanol–water partition coefficient (Wildman–Crippen LogP) is 1.95. The number of esters is 1. The zero-order chi connectivity index (χ0) is 14.5. The molecule has 2 rings (SSSR count). The first kappa shape index (κ1) is 15.1. The van der Waals surface area contributed by atoms with Crippen molar-refractivity contribution in [2.45, 2.75) is 38.8 Å². The molecule has 5 heteroatoms. The van der Waals surface area contributed by atoms with Crippen LogP contribution in [-0.4, -0.2) is 44.2 Å². The Kier molecular flexibility index (Phi) is 5.20. The molecule has 0 aliphatic carbocycles. The van der Waals surface area contributed by atoms with Gasteiger partial charge >= 0.3 is 5.97 Å². The number of carbonyl (C=O) groups is 1. The minimum atomic E-state index is -0.407. The Labute approximate surface area is 120 Å². The average molecular weight is 280 g/mol. The molecule has 1 N–H and O–H groups in total. The lowest BCUT2D eigenvalue weighted by molar-refractivity contribution is 0.0559. The molecule has 0 saturated carbocycles.